The number of aryl methyl sites for hydroxylation is 1. The van der Waals surface area contributed by atoms with E-state index < -0.39 is 0 Å². The number of fused-ring (bicyclic) bond motifs is 1. The molecular formula is C22H19NO5. The van der Waals surface area contributed by atoms with Gasteiger partial charge in [0.15, 0.2) is 11.5 Å². The lowest BCUT2D eigenvalue weighted by atomic mass is 9.84. The zero-order valence-electron chi connectivity index (χ0n) is 15.4. The third-order valence-corrected chi connectivity index (χ3v) is 5.52. The first kappa shape index (κ1) is 16.9. The molecule has 0 bridgehead atoms. The molecule has 0 radical (unpaired) electrons. The summed E-state index contributed by atoms with van der Waals surface area (Å²) in [4.78, 5) is 27.2. The summed E-state index contributed by atoms with van der Waals surface area (Å²) in [6, 6.07) is 13.4. The van der Waals surface area contributed by atoms with E-state index in [-0.39, 0.29) is 37.6 Å². The predicted molar refractivity (Wildman–Crippen MR) is 101 cm³/mol. The maximum absolute atomic E-state index is 13.1. The molecule has 3 aliphatic heterocycles. The Morgan fingerprint density at radius 2 is 1.79 bits per heavy atom. The fourth-order valence-electron chi connectivity index (χ4n) is 4.05. The lowest BCUT2D eigenvalue weighted by molar-refractivity contribution is -0.136. The minimum absolute atomic E-state index is 0.0519. The first-order valence-electron chi connectivity index (χ1n) is 9.37. The molecule has 3 aliphatic rings. The molecule has 0 fully saturated rings. The Balaban J connectivity index is 1.57. The zero-order valence-corrected chi connectivity index (χ0v) is 15.4. The Hall–Kier alpha value is -3.28. The third kappa shape index (κ3) is 2.56. The Morgan fingerprint density at radius 1 is 1.00 bits per heavy atom. The molecule has 0 unspecified atom stereocenters. The summed E-state index contributed by atoms with van der Waals surface area (Å²) in [5.41, 5.74) is 3.99. The molecule has 5 rings (SSSR count). The Morgan fingerprint density at radius 3 is 2.57 bits per heavy atom. The van der Waals surface area contributed by atoms with Gasteiger partial charge in [-0.1, -0.05) is 25.1 Å². The number of nitrogens with zero attached hydrogens (tertiary/aromatic N) is 1. The quantitative estimate of drug-likeness (QED) is 0.768. The van der Waals surface area contributed by atoms with Crippen LogP contribution in [0.25, 0.3) is 0 Å². The van der Waals surface area contributed by atoms with E-state index in [9.17, 15) is 9.59 Å². The number of hydrogen-bond donors (Lipinski definition) is 0. The first-order chi connectivity index (χ1) is 13.7. The first-order valence-corrected chi connectivity index (χ1v) is 9.37. The molecule has 6 nitrogen and oxygen atoms in total. The van der Waals surface area contributed by atoms with Crippen LogP contribution >= 0.6 is 0 Å². The summed E-state index contributed by atoms with van der Waals surface area (Å²) in [6.45, 7) is 2.37. The van der Waals surface area contributed by atoms with Gasteiger partial charge in [-0.25, -0.2) is 4.79 Å². The topological polar surface area (TPSA) is 65.1 Å². The number of hydrogen-bond acceptors (Lipinski definition) is 5. The normalized spacial score (nSPS) is 20.5. The van der Waals surface area contributed by atoms with Crippen LogP contribution in [0.2, 0.25) is 0 Å². The molecule has 0 N–H and O–H groups in total. The highest BCUT2D eigenvalue weighted by Gasteiger charge is 2.43. The SMILES string of the molecule is CCc1ccc(N2C(=O)C[C@H](c3ccc4c(c3)OCO4)C3=C2COC3=O)cc1. The number of carbonyl (C=O) groups is 2. The van der Waals surface area contributed by atoms with Crippen LogP contribution in [0, 0.1) is 0 Å². The maximum Gasteiger partial charge on any atom is 0.336 e. The summed E-state index contributed by atoms with van der Waals surface area (Å²) >= 11 is 0. The van der Waals surface area contributed by atoms with Crippen molar-refractivity contribution in [2.75, 3.05) is 18.3 Å². The van der Waals surface area contributed by atoms with Crippen molar-refractivity contribution in [1.29, 1.82) is 0 Å². The third-order valence-electron chi connectivity index (χ3n) is 5.52. The second-order valence-electron chi connectivity index (χ2n) is 7.06. The van der Waals surface area contributed by atoms with Crippen LogP contribution in [0.15, 0.2) is 53.7 Å². The van der Waals surface area contributed by atoms with E-state index in [1.165, 1.54) is 5.56 Å². The molecule has 3 heterocycles. The molecule has 0 aliphatic carbocycles. The van der Waals surface area contributed by atoms with E-state index in [4.69, 9.17) is 14.2 Å². The number of ether oxygens (including phenoxy) is 3. The van der Waals surface area contributed by atoms with Gasteiger partial charge in [0.1, 0.15) is 6.61 Å². The molecule has 142 valence electrons. The monoisotopic (exact) mass is 377 g/mol. The minimum Gasteiger partial charge on any atom is -0.456 e. The van der Waals surface area contributed by atoms with Crippen molar-refractivity contribution < 1.29 is 23.8 Å². The molecule has 28 heavy (non-hydrogen) atoms. The van der Waals surface area contributed by atoms with Gasteiger partial charge in [0, 0.05) is 18.0 Å². The van der Waals surface area contributed by atoms with Gasteiger partial charge in [-0.2, -0.15) is 0 Å². The van der Waals surface area contributed by atoms with Crippen molar-refractivity contribution >= 4 is 17.6 Å². The van der Waals surface area contributed by atoms with Gasteiger partial charge >= 0.3 is 5.97 Å². The van der Waals surface area contributed by atoms with E-state index in [0.29, 0.717) is 22.8 Å². The number of rotatable bonds is 3. The second kappa shape index (κ2) is 6.41. The summed E-state index contributed by atoms with van der Waals surface area (Å²) in [5, 5.41) is 0. The van der Waals surface area contributed by atoms with E-state index in [1.54, 1.807) is 4.90 Å². The van der Waals surface area contributed by atoms with Gasteiger partial charge in [-0.05, 0) is 41.8 Å². The highest BCUT2D eigenvalue weighted by molar-refractivity contribution is 6.06. The predicted octanol–water partition coefficient (Wildman–Crippen LogP) is 3.31. The summed E-state index contributed by atoms with van der Waals surface area (Å²) in [7, 11) is 0. The Kier molecular flexibility index (Phi) is 3.86. The number of benzene rings is 2. The van der Waals surface area contributed by atoms with E-state index in [0.717, 1.165) is 17.7 Å². The average molecular weight is 377 g/mol. The molecule has 1 amide bonds. The number of carbonyl (C=O) groups excluding carboxylic acids is 2. The van der Waals surface area contributed by atoms with Crippen LogP contribution in [0.3, 0.4) is 0 Å². The van der Waals surface area contributed by atoms with Crippen LogP contribution in [0.5, 0.6) is 11.5 Å². The molecule has 0 spiro atoms. The fourth-order valence-corrected chi connectivity index (χ4v) is 4.05. The average Bonchev–Trinajstić information content (AvgIpc) is 3.34. The lowest BCUT2D eigenvalue weighted by Crippen LogP contribution is -2.37. The van der Waals surface area contributed by atoms with Gasteiger partial charge in [-0.15, -0.1) is 0 Å². The van der Waals surface area contributed by atoms with Crippen LogP contribution in [-0.4, -0.2) is 25.3 Å². The molecule has 6 heteroatoms. The number of esters is 1. The van der Waals surface area contributed by atoms with Gasteiger partial charge in [-0.3, -0.25) is 9.69 Å². The van der Waals surface area contributed by atoms with Crippen LogP contribution in [-0.2, 0) is 20.7 Å². The highest BCUT2D eigenvalue weighted by atomic mass is 16.7. The summed E-state index contributed by atoms with van der Waals surface area (Å²) in [6.07, 6.45) is 1.12. The molecular weight excluding hydrogens is 358 g/mol. The Bertz CT molecular complexity index is 1010. The van der Waals surface area contributed by atoms with E-state index >= 15 is 0 Å². The Labute approximate surface area is 162 Å². The summed E-state index contributed by atoms with van der Waals surface area (Å²) < 4.78 is 16.1. The largest absolute Gasteiger partial charge is 0.456 e. The number of amides is 1. The van der Waals surface area contributed by atoms with Gasteiger partial charge in [0.25, 0.3) is 0 Å². The van der Waals surface area contributed by atoms with Crippen molar-refractivity contribution in [2.45, 2.75) is 25.7 Å². The number of cyclic esters (lactones) is 1. The van der Waals surface area contributed by atoms with E-state index in [2.05, 4.69) is 6.92 Å². The van der Waals surface area contributed by atoms with E-state index in [1.807, 2.05) is 42.5 Å². The standard InChI is InChI=1S/C22H19NO5/c1-2-13-3-6-15(7-4-13)23-17-11-26-22(25)21(17)16(10-20(23)24)14-5-8-18-19(9-14)28-12-27-18/h3-9,16H,2,10-12H2,1H3/t16-/m1/s1. The van der Waals surface area contributed by atoms with Gasteiger partial charge in [0.2, 0.25) is 12.7 Å². The van der Waals surface area contributed by atoms with Crippen LogP contribution in [0.4, 0.5) is 5.69 Å². The summed E-state index contributed by atoms with van der Waals surface area (Å²) in [5.74, 6) is 0.547. The minimum atomic E-state index is -0.361. The van der Waals surface area contributed by atoms with Crippen LogP contribution in [0.1, 0.15) is 30.4 Å². The molecule has 2 aromatic rings. The van der Waals surface area contributed by atoms with Crippen molar-refractivity contribution in [3.63, 3.8) is 0 Å². The smallest absolute Gasteiger partial charge is 0.336 e. The zero-order chi connectivity index (χ0) is 19.3. The van der Waals surface area contributed by atoms with Gasteiger partial charge < -0.3 is 14.2 Å². The van der Waals surface area contributed by atoms with Crippen molar-refractivity contribution in [1.82, 2.24) is 0 Å². The molecule has 0 saturated carbocycles. The maximum atomic E-state index is 13.1. The van der Waals surface area contributed by atoms with Gasteiger partial charge in [0.05, 0.1) is 11.3 Å². The van der Waals surface area contributed by atoms with Crippen LogP contribution < -0.4 is 14.4 Å². The van der Waals surface area contributed by atoms with Crippen molar-refractivity contribution in [3.05, 3.63) is 64.9 Å². The lowest BCUT2D eigenvalue weighted by Gasteiger charge is -2.32. The van der Waals surface area contributed by atoms with Crippen molar-refractivity contribution in [3.8, 4) is 11.5 Å². The second-order valence-corrected chi connectivity index (χ2v) is 7.06. The fraction of sp³-hybridized carbons (Fsp3) is 0.273. The molecule has 0 aromatic heterocycles. The number of anilines is 1. The molecule has 1 atom stereocenters. The molecule has 2 aromatic carbocycles. The highest BCUT2D eigenvalue weighted by Crippen LogP contribution is 2.44. The molecule has 0 saturated heterocycles. The van der Waals surface area contributed by atoms with Crippen molar-refractivity contribution in [2.24, 2.45) is 0 Å².